The van der Waals surface area contributed by atoms with Crippen molar-refractivity contribution in [1.29, 1.82) is 0 Å². The van der Waals surface area contributed by atoms with Gasteiger partial charge in [0, 0.05) is 12.0 Å². The van der Waals surface area contributed by atoms with E-state index in [-0.39, 0.29) is 23.9 Å². The van der Waals surface area contributed by atoms with Gasteiger partial charge < -0.3 is 14.8 Å². The molecule has 0 spiro atoms. The first-order valence-corrected chi connectivity index (χ1v) is 7.31. The summed E-state index contributed by atoms with van der Waals surface area (Å²) >= 11 is 0. The molecule has 1 aliphatic rings. The average Bonchev–Trinajstić information content (AvgIpc) is 2.97. The highest BCUT2D eigenvalue weighted by Crippen LogP contribution is 2.30. The Balaban J connectivity index is 1.67. The van der Waals surface area contributed by atoms with Gasteiger partial charge in [-0.25, -0.2) is 4.79 Å². The van der Waals surface area contributed by atoms with E-state index in [1.165, 1.54) is 12.1 Å². The van der Waals surface area contributed by atoms with Crippen LogP contribution >= 0.6 is 0 Å². The lowest BCUT2D eigenvalue weighted by molar-refractivity contribution is -0.121. The Labute approximate surface area is 127 Å². The molecule has 0 fully saturated rings. The number of rotatable bonds is 4. The largest absolute Gasteiger partial charge is 0.478 e. The van der Waals surface area contributed by atoms with Gasteiger partial charge in [-0.15, -0.1) is 0 Å². The summed E-state index contributed by atoms with van der Waals surface area (Å²) in [7, 11) is 0. The fraction of sp³-hybridized carbons (Fsp3) is 0.294. The van der Waals surface area contributed by atoms with Crippen LogP contribution in [0.4, 0.5) is 0 Å². The van der Waals surface area contributed by atoms with Crippen LogP contribution in [-0.2, 0) is 17.6 Å². The number of aromatic carboxylic acids is 1. The Morgan fingerprint density at radius 1 is 1.32 bits per heavy atom. The Bertz CT molecular complexity index is 704. The average molecular weight is 299 g/mol. The standard InChI is InChI=1S/C17H17NO4/c19-16(10-11-3-1-4-12(9-11)17(20)21)18-14-5-2-6-15-13(14)7-8-22-15/h1,3-4,7-9,14H,2,5-6,10H2,(H,18,19)(H,20,21)/t14-/m0/s1. The minimum Gasteiger partial charge on any atom is -0.478 e. The molecule has 0 saturated heterocycles. The zero-order valence-electron chi connectivity index (χ0n) is 12.0. The van der Waals surface area contributed by atoms with Crippen LogP contribution in [0.25, 0.3) is 0 Å². The molecule has 22 heavy (non-hydrogen) atoms. The Morgan fingerprint density at radius 3 is 3.00 bits per heavy atom. The van der Waals surface area contributed by atoms with E-state index in [0.29, 0.717) is 5.56 Å². The van der Waals surface area contributed by atoms with Crippen molar-refractivity contribution >= 4 is 11.9 Å². The fourth-order valence-corrected chi connectivity index (χ4v) is 2.88. The first-order valence-electron chi connectivity index (χ1n) is 7.31. The predicted molar refractivity (Wildman–Crippen MR) is 79.6 cm³/mol. The number of furan rings is 1. The smallest absolute Gasteiger partial charge is 0.335 e. The first kappa shape index (κ1) is 14.4. The Hall–Kier alpha value is -2.56. The maximum atomic E-state index is 12.2. The number of carboxylic acids is 1. The highest BCUT2D eigenvalue weighted by Gasteiger charge is 2.23. The summed E-state index contributed by atoms with van der Waals surface area (Å²) in [6, 6.07) is 8.36. The van der Waals surface area contributed by atoms with Gasteiger partial charge in [-0.2, -0.15) is 0 Å². The second kappa shape index (κ2) is 6.05. The second-order valence-corrected chi connectivity index (χ2v) is 5.49. The van der Waals surface area contributed by atoms with Gasteiger partial charge in [0.1, 0.15) is 5.76 Å². The van der Waals surface area contributed by atoms with Crippen molar-refractivity contribution in [3.8, 4) is 0 Å². The first-order chi connectivity index (χ1) is 10.6. The van der Waals surface area contributed by atoms with Crippen molar-refractivity contribution in [3.63, 3.8) is 0 Å². The third kappa shape index (κ3) is 3.03. The normalized spacial score (nSPS) is 16.8. The number of carbonyl (C=O) groups excluding carboxylic acids is 1. The molecule has 1 heterocycles. The highest BCUT2D eigenvalue weighted by molar-refractivity contribution is 5.88. The van der Waals surface area contributed by atoms with Crippen LogP contribution in [0.15, 0.2) is 41.0 Å². The third-order valence-corrected chi connectivity index (χ3v) is 3.93. The summed E-state index contributed by atoms with van der Waals surface area (Å²) < 4.78 is 5.41. The predicted octanol–water partition coefficient (Wildman–Crippen LogP) is 2.71. The van der Waals surface area contributed by atoms with Gasteiger partial charge in [0.15, 0.2) is 0 Å². The number of carbonyl (C=O) groups is 2. The molecule has 1 amide bonds. The molecule has 0 aliphatic heterocycles. The monoisotopic (exact) mass is 299 g/mol. The third-order valence-electron chi connectivity index (χ3n) is 3.93. The quantitative estimate of drug-likeness (QED) is 0.909. The summed E-state index contributed by atoms with van der Waals surface area (Å²) in [5, 5.41) is 12.0. The van der Waals surface area contributed by atoms with E-state index in [2.05, 4.69) is 5.32 Å². The van der Waals surface area contributed by atoms with Gasteiger partial charge in [-0.3, -0.25) is 4.79 Å². The molecule has 0 radical (unpaired) electrons. The number of hydrogen-bond acceptors (Lipinski definition) is 3. The summed E-state index contributed by atoms with van der Waals surface area (Å²) in [4.78, 5) is 23.2. The molecule has 2 aromatic rings. The minimum absolute atomic E-state index is 0.0161. The van der Waals surface area contributed by atoms with Crippen molar-refractivity contribution < 1.29 is 19.1 Å². The zero-order chi connectivity index (χ0) is 15.5. The van der Waals surface area contributed by atoms with E-state index in [9.17, 15) is 9.59 Å². The molecule has 0 saturated carbocycles. The van der Waals surface area contributed by atoms with Gasteiger partial charge in [0.25, 0.3) is 0 Å². The molecule has 1 aliphatic carbocycles. The molecule has 5 heteroatoms. The molecule has 3 rings (SSSR count). The van der Waals surface area contributed by atoms with Gasteiger partial charge >= 0.3 is 5.97 Å². The van der Waals surface area contributed by atoms with E-state index in [4.69, 9.17) is 9.52 Å². The van der Waals surface area contributed by atoms with Crippen LogP contribution in [0, 0.1) is 0 Å². The van der Waals surface area contributed by atoms with Gasteiger partial charge in [0.2, 0.25) is 5.91 Å². The number of amides is 1. The molecule has 1 aromatic carbocycles. The summed E-state index contributed by atoms with van der Waals surface area (Å²) in [6.07, 6.45) is 4.62. The van der Waals surface area contributed by atoms with E-state index in [0.717, 1.165) is 30.6 Å². The van der Waals surface area contributed by atoms with Crippen molar-refractivity contribution in [2.24, 2.45) is 0 Å². The maximum Gasteiger partial charge on any atom is 0.335 e. The van der Waals surface area contributed by atoms with Crippen LogP contribution in [-0.4, -0.2) is 17.0 Å². The van der Waals surface area contributed by atoms with Crippen LogP contribution in [0.1, 0.15) is 46.1 Å². The number of carboxylic acid groups (broad SMARTS) is 1. The summed E-state index contributed by atoms with van der Waals surface area (Å²) in [6.45, 7) is 0. The molecule has 5 nitrogen and oxygen atoms in total. The lowest BCUT2D eigenvalue weighted by atomic mass is 9.93. The van der Waals surface area contributed by atoms with Crippen LogP contribution in [0.5, 0.6) is 0 Å². The topological polar surface area (TPSA) is 79.5 Å². The zero-order valence-corrected chi connectivity index (χ0v) is 12.0. The highest BCUT2D eigenvalue weighted by atomic mass is 16.4. The molecule has 0 bridgehead atoms. The molecule has 2 N–H and O–H groups in total. The minimum atomic E-state index is -0.988. The van der Waals surface area contributed by atoms with E-state index in [1.54, 1.807) is 18.4 Å². The molecular weight excluding hydrogens is 282 g/mol. The van der Waals surface area contributed by atoms with Gasteiger partial charge in [-0.05, 0) is 36.6 Å². The fourth-order valence-electron chi connectivity index (χ4n) is 2.88. The molecule has 1 atom stereocenters. The number of aryl methyl sites for hydroxylation is 1. The molecule has 1 aromatic heterocycles. The van der Waals surface area contributed by atoms with Crippen LogP contribution < -0.4 is 5.32 Å². The summed E-state index contributed by atoms with van der Waals surface area (Å²) in [5.41, 5.74) is 1.94. The van der Waals surface area contributed by atoms with E-state index >= 15 is 0 Å². The number of fused-ring (bicyclic) bond motifs is 1. The van der Waals surface area contributed by atoms with Gasteiger partial charge in [0.05, 0.1) is 24.3 Å². The van der Waals surface area contributed by atoms with Crippen LogP contribution in [0.3, 0.4) is 0 Å². The maximum absolute atomic E-state index is 12.2. The van der Waals surface area contributed by atoms with Gasteiger partial charge in [-0.1, -0.05) is 12.1 Å². The summed E-state index contributed by atoms with van der Waals surface area (Å²) in [5.74, 6) is -0.149. The molecular formula is C17H17NO4. The number of benzene rings is 1. The Morgan fingerprint density at radius 2 is 2.18 bits per heavy atom. The van der Waals surface area contributed by atoms with E-state index < -0.39 is 5.97 Å². The van der Waals surface area contributed by atoms with Crippen molar-refractivity contribution in [2.45, 2.75) is 31.7 Å². The SMILES string of the molecule is O=C(Cc1cccc(C(=O)O)c1)N[C@H]1CCCc2occc21. The second-order valence-electron chi connectivity index (χ2n) is 5.49. The number of hydrogen-bond donors (Lipinski definition) is 2. The van der Waals surface area contributed by atoms with Crippen molar-refractivity contribution in [3.05, 3.63) is 59.0 Å². The van der Waals surface area contributed by atoms with Crippen molar-refractivity contribution in [2.75, 3.05) is 0 Å². The molecule has 114 valence electrons. The van der Waals surface area contributed by atoms with Crippen LogP contribution in [0.2, 0.25) is 0 Å². The molecule has 0 unspecified atom stereocenters. The Kier molecular flexibility index (Phi) is 3.96. The van der Waals surface area contributed by atoms with Crippen molar-refractivity contribution in [1.82, 2.24) is 5.32 Å². The van der Waals surface area contributed by atoms with E-state index in [1.807, 2.05) is 6.07 Å². The lowest BCUT2D eigenvalue weighted by Crippen LogP contribution is -2.31. The lowest BCUT2D eigenvalue weighted by Gasteiger charge is -2.22. The number of nitrogens with one attached hydrogen (secondary N) is 1.